The first-order valence-corrected chi connectivity index (χ1v) is 11.9. The zero-order valence-corrected chi connectivity index (χ0v) is 19.6. The number of thioether (sulfide) groups is 1. The maximum atomic E-state index is 11.0. The highest BCUT2D eigenvalue weighted by Crippen LogP contribution is 2.20. The lowest BCUT2D eigenvalue weighted by molar-refractivity contribution is -0.138. The summed E-state index contributed by atoms with van der Waals surface area (Å²) >= 11 is 1.33. The van der Waals surface area contributed by atoms with Crippen molar-refractivity contribution in [2.75, 3.05) is 5.75 Å². The van der Waals surface area contributed by atoms with Gasteiger partial charge < -0.3 is 21.1 Å². The Morgan fingerprint density at radius 3 is 2.25 bits per heavy atom. The summed E-state index contributed by atoms with van der Waals surface area (Å²) in [5, 5.41) is 27.8. The molecule has 0 heterocycles. The van der Waals surface area contributed by atoms with E-state index in [0.29, 0.717) is 12.8 Å². The fraction of sp³-hybridized carbons (Fsp3) is 0.440. The molecule has 178 valence electrons. The Bertz CT molecular complexity index is 694. The molecule has 0 aromatic carbocycles. The van der Waals surface area contributed by atoms with E-state index in [2.05, 4.69) is 19.1 Å². The standard InChI is InChI=1S/C25H37NO5S/c1-2-3-4-5-11-14-17-22(27)23(32-20-21(26)25(30)31)18-15-12-9-7-6-8-10-13-16-19-24(28)29/h3-4,6-7,9-15,18,21-23,27H,2,5,8,16-17,19-20,26H2,1H3,(H,28,29)(H,30,31). The lowest BCUT2D eigenvalue weighted by Crippen LogP contribution is -2.34. The van der Waals surface area contributed by atoms with Gasteiger partial charge >= 0.3 is 11.9 Å². The van der Waals surface area contributed by atoms with Crippen LogP contribution in [0.5, 0.6) is 0 Å². The molecule has 0 rings (SSSR count). The number of nitrogens with two attached hydrogens (primary N) is 1. The fourth-order valence-electron chi connectivity index (χ4n) is 2.35. The van der Waals surface area contributed by atoms with Crippen LogP contribution in [0.4, 0.5) is 0 Å². The summed E-state index contributed by atoms with van der Waals surface area (Å²) in [7, 11) is 0. The van der Waals surface area contributed by atoms with Gasteiger partial charge in [-0.15, -0.1) is 11.8 Å². The van der Waals surface area contributed by atoms with Gasteiger partial charge in [0.1, 0.15) is 6.04 Å². The van der Waals surface area contributed by atoms with Gasteiger partial charge in [0, 0.05) is 17.4 Å². The minimum absolute atomic E-state index is 0.138. The van der Waals surface area contributed by atoms with Gasteiger partial charge in [0.05, 0.1) is 6.10 Å². The van der Waals surface area contributed by atoms with E-state index >= 15 is 0 Å². The van der Waals surface area contributed by atoms with Gasteiger partial charge in [-0.05, 0) is 32.1 Å². The zero-order chi connectivity index (χ0) is 24.0. The smallest absolute Gasteiger partial charge is 0.321 e. The highest BCUT2D eigenvalue weighted by molar-refractivity contribution is 8.00. The summed E-state index contributed by atoms with van der Waals surface area (Å²) in [4.78, 5) is 21.4. The molecule has 32 heavy (non-hydrogen) atoms. The topological polar surface area (TPSA) is 121 Å². The minimum Gasteiger partial charge on any atom is -0.481 e. The maximum Gasteiger partial charge on any atom is 0.321 e. The number of hydrogen-bond acceptors (Lipinski definition) is 5. The van der Waals surface area contributed by atoms with Crippen molar-refractivity contribution < 1.29 is 24.9 Å². The van der Waals surface area contributed by atoms with Crippen molar-refractivity contribution in [1.29, 1.82) is 0 Å². The van der Waals surface area contributed by atoms with E-state index in [-0.39, 0.29) is 17.4 Å². The number of aliphatic hydroxyl groups excluding tert-OH is 1. The second kappa shape index (κ2) is 20.5. The zero-order valence-electron chi connectivity index (χ0n) is 18.8. The first kappa shape index (κ1) is 29.7. The van der Waals surface area contributed by atoms with Gasteiger partial charge in [-0.2, -0.15) is 0 Å². The summed E-state index contributed by atoms with van der Waals surface area (Å²) in [6.45, 7) is 2.08. The summed E-state index contributed by atoms with van der Waals surface area (Å²) in [5.74, 6) is -1.65. The molecule has 0 fully saturated rings. The molecule has 0 spiro atoms. The van der Waals surface area contributed by atoms with Gasteiger partial charge in [0.2, 0.25) is 0 Å². The van der Waals surface area contributed by atoms with Crippen LogP contribution in [0.2, 0.25) is 0 Å². The summed E-state index contributed by atoms with van der Waals surface area (Å²) < 4.78 is 0. The predicted octanol–water partition coefficient (Wildman–Crippen LogP) is 4.64. The molecular weight excluding hydrogens is 426 g/mol. The second-order valence-electron chi connectivity index (χ2n) is 6.97. The number of rotatable bonds is 18. The normalized spacial score (nSPS) is 15.7. The van der Waals surface area contributed by atoms with Crippen molar-refractivity contribution >= 4 is 23.7 Å². The molecule has 0 aromatic rings. The van der Waals surface area contributed by atoms with Crippen molar-refractivity contribution in [3.63, 3.8) is 0 Å². The van der Waals surface area contributed by atoms with Crippen LogP contribution >= 0.6 is 11.8 Å². The molecular formula is C25H37NO5S. The van der Waals surface area contributed by atoms with Crippen LogP contribution in [0, 0.1) is 0 Å². The molecule has 0 saturated carbocycles. The highest BCUT2D eigenvalue weighted by Gasteiger charge is 2.19. The van der Waals surface area contributed by atoms with E-state index in [0.717, 1.165) is 19.3 Å². The fourth-order valence-corrected chi connectivity index (χ4v) is 3.45. The number of aliphatic carboxylic acids is 2. The van der Waals surface area contributed by atoms with Gasteiger partial charge in [-0.3, -0.25) is 9.59 Å². The van der Waals surface area contributed by atoms with E-state index in [1.807, 2.05) is 60.8 Å². The number of aliphatic hydroxyl groups is 1. The van der Waals surface area contributed by atoms with Crippen LogP contribution in [0.15, 0.2) is 72.9 Å². The monoisotopic (exact) mass is 463 g/mol. The van der Waals surface area contributed by atoms with Gasteiger partial charge in [-0.1, -0.05) is 79.8 Å². The molecule has 3 unspecified atom stereocenters. The van der Waals surface area contributed by atoms with Crippen LogP contribution in [-0.2, 0) is 9.59 Å². The minimum atomic E-state index is -1.06. The van der Waals surface area contributed by atoms with Crippen molar-refractivity contribution in [3.05, 3.63) is 72.9 Å². The van der Waals surface area contributed by atoms with Crippen molar-refractivity contribution in [1.82, 2.24) is 0 Å². The van der Waals surface area contributed by atoms with E-state index in [1.54, 1.807) is 0 Å². The molecule has 0 aliphatic rings. The molecule has 3 atom stereocenters. The highest BCUT2D eigenvalue weighted by atomic mass is 32.2. The van der Waals surface area contributed by atoms with E-state index in [9.17, 15) is 14.7 Å². The van der Waals surface area contributed by atoms with Crippen LogP contribution in [0.25, 0.3) is 0 Å². The molecule has 5 N–H and O–H groups in total. The third-order valence-corrected chi connectivity index (χ3v) is 5.53. The van der Waals surface area contributed by atoms with Gasteiger partial charge in [0.15, 0.2) is 0 Å². The molecule has 0 aromatic heterocycles. The van der Waals surface area contributed by atoms with Gasteiger partial charge in [0.25, 0.3) is 0 Å². The molecule has 0 saturated heterocycles. The van der Waals surface area contributed by atoms with Crippen LogP contribution in [0.3, 0.4) is 0 Å². The van der Waals surface area contributed by atoms with Crippen molar-refractivity contribution in [2.24, 2.45) is 5.73 Å². The van der Waals surface area contributed by atoms with Crippen LogP contribution in [0.1, 0.15) is 45.4 Å². The molecule has 0 aliphatic carbocycles. The Labute approximate surface area is 196 Å². The first-order valence-electron chi connectivity index (χ1n) is 10.8. The van der Waals surface area contributed by atoms with Crippen LogP contribution < -0.4 is 5.73 Å². The summed E-state index contributed by atoms with van der Waals surface area (Å²) in [5.41, 5.74) is 5.60. The summed E-state index contributed by atoms with van der Waals surface area (Å²) in [6.07, 6.45) is 26.1. The molecule has 7 heteroatoms. The molecule has 6 nitrogen and oxygen atoms in total. The van der Waals surface area contributed by atoms with E-state index in [1.165, 1.54) is 11.8 Å². The summed E-state index contributed by atoms with van der Waals surface area (Å²) in [6, 6.07) is -0.972. The second-order valence-corrected chi connectivity index (χ2v) is 8.18. The number of carboxylic acids is 2. The quantitative estimate of drug-likeness (QED) is 0.172. The maximum absolute atomic E-state index is 11.0. The first-order chi connectivity index (χ1) is 15.4. The molecule has 0 amide bonds. The van der Waals surface area contributed by atoms with Crippen molar-refractivity contribution in [3.8, 4) is 0 Å². The Hall–Kier alpha value is -2.35. The average Bonchev–Trinajstić information content (AvgIpc) is 2.75. The average molecular weight is 464 g/mol. The lowest BCUT2D eigenvalue weighted by atomic mass is 10.1. The Balaban J connectivity index is 4.64. The van der Waals surface area contributed by atoms with E-state index < -0.39 is 24.1 Å². The third kappa shape index (κ3) is 18.4. The number of hydrogen-bond donors (Lipinski definition) is 4. The molecule has 0 aliphatic heterocycles. The lowest BCUT2D eigenvalue weighted by Gasteiger charge is -2.19. The predicted molar refractivity (Wildman–Crippen MR) is 134 cm³/mol. The third-order valence-electron chi connectivity index (χ3n) is 4.12. The number of carboxylic acid groups (broad SMARTS) is 2. The van der Waals surface area contributed by atoms with Crippen LogP contribution in [-0.4, -0.2) is 50.4 Å². The molecule has 0 radical (unpaired) electrons. The Morgan fingerprint density at radius 1 is 0.906 bits per heavy atom. The Morgan fingerprint density at radius 2 is 1.56 bits per heavy atom. The SMILES string of the molecule is CCC=CCC=CCC(O)C(C=CC=CC=CCC=CCCC(=O)O)SCC(N)C(=O)O. The Kier molecular flexibility index (Phi) is 19.0. The number of allylic oxidation sites excluding steroid dienone is 10. The molecule has 0 bridgehead atoms. The largest absolute Gasteiger partial charge is 0.481 e. The van der Waals surface area contributed by atoms with Gasteiger partial charge in [-0.25, -0.2) is 0 Å². The number of carbonyl (C=O) groups is 2. The van der Waals surface area contributed by atoms with Crippen molar-refractivity contribution in [2.45, 2.75) is 62.8 Å². The van der Waals surface area contributed by atoms with E-state index in [4.69, 9.17) is 15.9 Å².